The maximum Gasteiger partial charge on any atom is 0.131 e. The fraction of sp³-hybridized carbons (Fsp3) is 0.600. The molecule has 0 spiro atoms. The average molecular weight is 254 g/mol. The summed E-state index contributed by atoms with van der Waals surface area (Å²) in [6, 6.07) is 3.76. The first-order valence-corrected chi connectivity index (χ1v) is 6.77. The zero-order chi connectivity index (χ0) is 13.1. The molecule has 1 aliphatic carbocycles. The molecule has 1 aromatic carbocycles. The molecule has 1 nitrogen and oxygen atoms in total. The molecule has 0 aliphatic heterocycles. The number of aliphatic hydroxyl groups is 1. The van der Waals surface area contributed by atoms with E-state index in [4.69, 9.17) is 0 Å². The van der Waals surface area contributed by atoms with Crippen LogP contribution in [0, 0.1) is 23.5 Å². The molecule has 0 aromatic heterocycles. The lowest BCUT2D eigenvalue weighted by Gasteiger charge is -2.34. The quantitative estimate of drug-likeness (QED) is 0.856. The monoisotopic (exact) mass is 254 g/mol. The van der Waals surface area contributed by atoms with Crippen molar-refractivity contribution in [1.82, 2.24) is 0 Å². The lowest BCUT2D eigenvalue weighted by Crippen LogP contribution is -2.26. The Balaban J connectivity index is 2.26. The van der Waals surface area contributed by atoms with Gasteiger partial charge in [0, 0.05) is 0 Å². The summed E-state index contributed by atoms with van der Waals surface area (Å²) < 4.78 is 27.4. The van der Waals surface area contributed by atoms with E-state index in [1.165, 1.54) is 18.2 Å². The van der Waals surface area contributed by atoms with Crippen LogP contribution < -0.4 is 0 Å². The van der Waals surface area contributed by atoms with E-state index in [1.54, 1.807) is 0 Å². The van der Waals surface area contributed by atoms with Gasteiger partial charge in [-0.15, -0.1) is 0 Å². The highest BCUT2D eigenvalue weighted by Gasteiger charge is 2.33. The summed E-state index contributed by atoms with van der Waals surface area (Å²) >= 11 is 0. The van der Waals surface area contributed by atoms with Crippen molar-refractivity contribution < 1.29 is 13.9 Å². The topological polar surface area (TPSA) is 20.2 Å². The first-order chi connectivity index (χ1) is 8.65. The Hall–Kier alpha value is -0.960. The van der Waals surface area contributed by atoms with Crippen molar-refractivity contribution in [3.05, 3.63) is 35.4 Å². The Morgan fingerprint density at radius 1 is 1.22 bits per heavy atom. The minimum atomic E-state index is -1.02. The van der Waals surface area contributed by atoms with Gasteiger partial charge in [-0.3, -0.25) is 0 Å². The van der Waals surface area contributed by atoms with Gasteiger partial charge in [0.05, 0.1) is 11.7 Å². The molecule has 1 N–H and O–H groups in total. The average Bonchev–Trinajstić information content (AvgIpc) is 2.38. The molecule has 0 amide bonds. The van der Waals surface area contributed by atoms with Crippen LogP contribution in [0.15, 0.2) is 18.2 Å². The maximum atomic E-state index is 13.7. The molecule has 1 fully saturated rings. The van der Waals surface area contributed by atoms with Gasteiger partial charge in [-0.25, -0.2) is 8.78 Å². The third-order valence-corrected chi connectivity index (χ3v) is 4.19. The second-order valence-corrected chi connectivity index (χ2v) is 5.20. The molecule has 1 aromatic rings. The molecule has 18 heavy (non-hydrogen) atoms. The van der Waals surface area contributed by atoms with Crippen molar-refractivity contribution >= 4 is 0 Å². The summed E-state index contributed by atoms with van der Waals surface area (Å²) in [5.41, 5.74) is -0.150. The van der Waals surface area contributed by atoms with E-state index in [2.05, 4.69) is 6.92 Å². The standard InChI is InChI=1S/C15H20F2O/c1-2-10-6-3-4-7-11(10)15(18)14-12(16)8-5-9-13(14)17/h5,8-11,15,18H,2-4,6-7H2,1H3. The van der Waals surface area contributed by atoms with E-state index in [0.717, 1.165) is 32.1 Å². The lowest BCUT2D eigenvalue weighted by molar-refractivity contribution is 0.0400. The van der Waals surface area contributed by atoms with E-state index in [-0.39, 0.29) is 11.5 Å². The highest BCUT2D eigenvalue weighted by atomic mass is 19.1. The van der Waals surface area contributed by atoms with Crippen molar-refractivity contribution in [1.29, 1.82) is 0 Å². The SMILES string of the molecule is CCC1CCCCC1C(O)c1c(F)cccc1F. The first kappa shape index (κ1) is 13.5. The summed E-state index contributed by atoms with van der Waals surface area (Å²) in [6.45, 7) is 2.08. The van der Waals surface area contributed by atoms with Crippen molar-refractivity contribution in [3.63, 3.8) is 0 Å². The molecule has 100 valence electrons. The molecule has 0 radical (unpaired) electrons. The van der Waals surface area contributed by atoms with Gasteiger partial charge in [0.1, 0.15) is 11.6 Å². The molecule has 3 atom stereocenters. The summed E-state index contributed by atoms with van der Waals surface area (Å²) in [7, 11) is 0. The Morgan fingerprint density at radius 2 is 1.83 bits per heavy atom. The van der Waals surface area contributed by atoms with E-state index in [1.807, 2.05) is 0 Å². The van der Waals surface area contributed by atoms with E-state index < -0.39 is 17.7 Å². The molecule has 1 saturated carbocycles. The number of hydrogen-bond donors (Lipinski definition) is 1. The van der Waals surface area contributed by atoms with Crippen LogP contribution in [0.1, 0.15) is 50.7 Å². The zero-order valence-corrected chi connectivity index (χ0v) is 10.7. The van der Waals surface area contributed by atoms with E-state index in [9.17, 15) is 13.9 Å². The van der Waals surface area contributed by atoms with Gasteiger partial charge in [-0.05, 0) is 30.4 Å². The van der Waals surface area contributed by atoms with Gasteiger partial charge in [0.2, 0.25) is 0 Å². The molecule has 0 heterocycles. The fourth-order valence-corrected chi connectivity index (χ4v) is 3.17. The van der Waals surface area contributed by atoms with Crippen LogP contribution in [0.5, 0.6) is 0 Å². The Labute approximate surface area is 107 Å². The predicted molar refractivity (Wildman–Crippen MR) is 67.1 cm³/mol. The minimum Gasteiger partial charge on any atom is -0.388 e. The van der Waals surface area contributed by atoms with Gasteiger partial charge in [0.15, 0.2) is 0 Å². The Bertz CT molecular complexity index is 385. The highest BCUT2D eigenvalue weighted by molar-refractivity contribution is 5.23. The largest absolute Gasteiger partial charge is 0.388 e. The summed E-state index contributed by atoms with van der Waals surface area (Å²) in [5.74, 6) is -0.922. The van der Waals surface area contributed by atoms with Crippen LogP contribution >= 0.6 is 0 Å². The van der Waals surface area contributed by atoms with Crippen molar-refractivity contribution in [2.45, 2.75) is 45.1 Å². The number of benzene rings is 1. The summed E-state index contributed by atoms with van der Waals surface area (Å²) in [6.07, 6.45) is 4.03. The van der Waals surface area contributed by atoms with Crippen LogP contribution in [0.2, 0.25) is 0 Å². The third kappa shape index (κ3) is 2.56. The van der Waals surface area contributed by atoms with Crippen molar-refractivity contribution in [3.8, 4) is 0 Å². The fourth-order valence-electron chi connectivity index (χ4n) is 3.17. The molecule has 0 saturated heterocycles. The molecule has 3 unspecified atom stereocenters. The van der Waals surface area contributed by atoms with E-state index in [0.29, 0.717) is 5.92 Å². The van der Waals surface area contributed by atoms with Crippen LogP contribution in [0.25, 0.3) is 0 Å². The third-order valence-electron chi connectivity index (χ3n) is 4.19. The normalized spacial score (nSPS) is 26.0. The van der Waals surface area contributed by atoms with Crippen LogP contribution in [-0.4, -0.2) is 5.11 Å². The molecule has 2 rings (SSSR count). The maximum absolute atomic E-state index is 13.7. The molecular weight excluding hydrogens is 234 g/mol. The number of hydrogen-bond acceptors (Lipinski definition) is 1. The van der Waals surface area contributed by atoms with Gasteiger partial charge in [-0.2, -0.15) is 0 Å². The number of aliphatic hydroxyl groups excluding tert-OH is 1. The van der Waals surface area contributed by atoms with Gasteiger partial charge in [0.25, 0.3) is 0 Å². The zero-order valence-electron chi connectivity index (χ0n) is 10.7. The molecular formula is C15H20F2O. The second kappa shape index (κ2) is 5.79. The van der Waals surface area contributed by atoms with Crippen LogP contribution in [0.4, 0.5) is 8.78 Å². The van der Waals surface area contributed by atoms with Gasteiger partial charge in [-0.1, -0.05) is 38.7 Å². The van der Waals surface area contributed by atoms with E-state index >= 15 is 0 Å². The summed E-state index contributed by atoms with van der Waals surface area (Å²) in [5, 5.41) is 10.3. The molecule has 0 bridgehead atoms. The first-order valence-electron chi connectivity index (χ1n) is 6.77. The van der Waals surface area contributed by atoms with Crippen LogP contribution in [0.3, 0.4) is 0 Å². The molecule has 1 aliphatic rings. The molecule has 3 heteroatoms. The minimum absolute atomic E-state index is 0.0184. The Kier molecular flexibility index (Phi) is 4.33. The predicted octanol–water partition coefficient (Wildman–Crippen LogP) is 4.21. The Morgan fingerprint density at radius 3 is 2.44 bits per heavy atom. The smallest absolute Gasteiger partial charge is 0.131 e. The highest BCUT2D eigenvalue weighted by Crippen LogP contribution is 2.41. The van der Waals surface area contributed by atoms with Crippen molar-refractivity contribution in [2.75, 3.05) is 0 Å². The van der Waals surface area contributed by atoms with Gasteiger partial charge >= 0.3 is 0 Å². The summed E-state index contributed by atoms with van der Waals surface area (Å²) in [4.78, 5) is 0. The van der Waals surface area contributed by atoms with Gasteiger partial charge < -0.3 is 5.11 Å². The van der Waals surface area contributed by atoms with Crippen molar-refractivity contribution in [2.24, 2.45) is 11.8 Å². The second-order valence-electron chi connectivity index (χ2n) is 5.20. The van der Waals surface area contributed by atoms with Crippen LogP contribution in [-0.2, 0) is 0 Å². The lowest BCUT2D eigenvalue weighted by atomic mass is 9.73. The number of rotatable bonds is 3. The number of halogens is 2.